The number of hydrogen-bond donors (Lipinski definition) is 2. The van der Waals surface area contributed by atoms with Gasteiger partial charge in [0.1, 0.15) is 42.5 Å². The van der Waals surface area contributed by atoms with Gasteiger partial charge in [0.25, 0.3) is 0 Å². The number of fused-ring (bicyclic) bond motifs is 2. The first-order valence-corrected chi connectivity index (χ1v) is 10.2. The third-order valence-corrected chi connectivity index (χ3v) is 5.45. The average molecular weight is 441 g/mol. The number of carbonyl (C=O) groups is 1. The summed E-state index contributed by atoms with van der Waals surface area (Å²) in [4.78, 5) is 24.9. The number of ether oxygens (including phenoxy) is 4. The van der Waals surface area contributed by atoms with Crippen LogP contribution in [0.3, 0.4) is 0 Å². The first-order chi connectivity index (χ1) is 15.3. The van der Waals surface area contributed by atoms with Crippen molar-refractivity contribution in [3.05, 3.63) is 42.5 Å². The average Bonchev–Trinajstić information content (AvgIpc) is 3.38. The lowest BCUT2D eigenvalue weighted by molar-refractivity contribution is -0.202. The van der Waals surface area contributed by atoms with Crippen molar-refractivity contribution in [3.63, 3.8) is 0 Å². The number of nitrogens with zero attached hydrogens (tertiary/aromatic N) is 4. The van der Waals surface area contributed by atoms with Crippen LogP contribution >= 0.6 is 0 Å². The number of imidazole rings is 1. The second-order valence-electron chi connectivity index (χ2n) is 8.24. The second kappa shape index (κ2) is 7.69. The van der Waals surface area contributed by atoms with Crippen molar-refractivity contribution in [2.45, 2.75) is 50.6 Å². The largest absolute Gasteiger partial charge is 0.508 e. The molecule has 3 aromatic rings. The van der Waals surface area contributed by atoms with Crippen LogP contribution < -0.4 is 5.73 Å². The molecule has 2 fully saturated rings. The lowest BCUT2D eigenvalue weighted by Crippen LogP contribution is -2.33. The van der Waals surface area contributed by atoms with Crippen molar-refractivity contribution in [1.29, 1.82) is 0 Å². The molecule has 2 aromatic heterocycles. The minimum absolute atomic E-state index is 0.0154. The number of carbonyl (C=O) groups excluding carboxylic acids is 1. The smallest absolute Gasteiger partial charge is 0.310 e. The molecule has 32 heavy (non-hydrogen) atoms. The number of anilines is 1. The predicted octanol–water partition coefficient (Wildman–Crippen LogP) is 1.32. The van der Waals surface area contributed by atoms with Crippen LogP contribution in [0.4, 0.5) is 5.82 Å². The van der Waals surface area contributed by atoms with E-state index in [0.717, 1.165) is 0 Å². The highest BCUT2D eigenvalue weighted by Crippen LogP contribution is 2.43. The van der Waals surface area contributed by atoms with Crippen molar-refractivity contribution >= 4 is 23.0 Å². The molecule has 0 radical (unpaired) electrons. The van der Waals surface area contributed by atoms with Crippen molar-refractivity contribution in [2.75, 3.05) is 12.3 Å². The molecule has 2 aliphatic heterocycles. The van der Waals surface area contributed by atoms with E-state index in [9.17, 15) is 9.90 Å². The number of aromatic nitrogens is 4. The molecule has 11 nitrogen and oxygen atoms in total. The number of esters is 1. The molecule has 168 valence electrons. The summed E-state index contributed by atoms with van der Waals surface area (Å²) in [5.74, 6) is -0.905. The summed E-state index contributed by atoms with van der Waals surface area (Å²) in [6.07, 6.45) is 0.881. The molecule has 0 bridgehead atoms. The maximum atomic E-state index is 12.3. The van der Waals surface area contributed by atoms with Gasteiger partial charge in [-0.15, -0.1) is 0 Å². The standard InChI is InChI=1S/C21H23N5O6/c1-21(2)31-16-13(8-29-14(28)7-11-4-3-5-12(27)6-11)30-20(17(16)32-21)26-10-25-15-18(22)23-9-24-19(15)26/h3-6,9-10,13,16-17,20,27H,7-8H2,1-2H3,(H2,22,23,24)/t13-,16-,17-,20-/m1/s1. The van der Waals surface area contributed by atoms with Crippen LogP contribution in [-0.2, 0) is 30.2 Å². The number of phenolic OH excluding ortho intramolecular Hbond substituents is 1. The Morgan fingerprint density at radius 2 is 2.06 bits per heavy atom. The summed E-state index contributed by atoms with van der Waals surface area (Å²) in [7, 11) is 0. The zero-order valence-corrected chi connectivity index (χ0v) is 17.5. The van der Waals surface area contributed by atoms with Gasteiger partial charge in [-0.3, -0.25) is 9.36 Å². The molecule has 0 saturated carbocycles. The molecular weight excluding hydrogens is 418 g/mol. The maximum absolute atomic E-state index is 12.3. The van der Waals surface area contributed by atoms with Crippen LogP contribution in [0.2, 0.25) is 0 Å². The van der Waals surface area contributed by atoms with Gasteiger partial charge in [0.2, 0.25) is 0 Å². The number of phenols is 1. The lowest BCUT2D eigenvalue weighted by atomic mass is 10.1. The van der Waals surface area contributed by atoms with E-state index in [1.54, 1.807) is 29.1 Å². The van der Waals surface area contributed by atoms with E-state index in [0.29, 0.717) is 16.7 Å². The Morgan fingerprint density at radius 1 is 1.25 bits per heavy atom. The summed E-state index contributed by atoms with van der Waals surface area (Å²) < 4.78 is 25.5. The molecule has 2 saturated heterocycles. The lowest BCUT2D eigenvalue weighted by Gasteiger charge is -2.24. The Kier molecular flexibility index (Phi) is 4.96. The molecule has 5 rings (SSSR count). The Morgan fingerprint density at radius 3 is 2.88 bits per heavy atom. The summed E-state index contributed by atoms with van der Waals surface area (Å²) in [6.45, 7) is 3.62. The van der Waals surface area contributed by atoms with Crippen LogP contribution in [0.25, 0.3) is 11.2 Å². The van der Waals surface area contributed by atoms with E-state index in [4.69, 9.17) is 24.7 Å². The number of rotatable bonds is 5. The molecular formula is C21H23N5O6. The second-order valence-corrected chi connectivity index (χ2v) is 8.24. The quantitative estimate of drug-likeness (QED) is 0.556. The van der Waals surface area contributed by atoms with Crippen LogP contribution in [0.15, 0.2) is 36.9 Å². The van der Waals surface area contributed by atoms with Crippen LogP contribution in [0, 0.1) is 0 Å². The summed E-state index contributed by atoms with van der Waals surface area (Å²) in [6, 6.07) is 6.48. The van der Waals surface area contributed by atoms with Gasteiger partial charge in [-0.25, -0.2) is 15.0 Å². The van der Waals surface area contributed by atoms with Gasteiger partial charge in [-0.05, 0) is 31.5 Å². The van der Waals surface area contributed by atoms with Crippen LogP contribution in [-0.4, -0.2) is 61.3 Å². The summed E-state index contributed by atoms with van der Waals surface area (Å²) in [5, 5.41) is 9.57. The predicted molar refractivity (Wildman–Crippen MR) is 110 cm³/mol. The molecule has 3 N–H and O–H groups in total. The Labute approximate surface area is 183 Å². The fraction of sp³-hybridized carbons (Fsp3) is 0.429. The van der Waals surface area contributed by atoms with E-state index >= 15 is 0 Å². The topological polar surface area (TPSA) is 144 Å². The zero-order chi connectivity index (χ0) is 22.5. The number of hydrogen-bond acceptors (Lipinski definition) is 10. The van der Waals surface area contributed by atoms with Gasteiger partial charge in [0.05, 0.1) is 12.7 Å². The summed E-state index contributed by atoms with van der Waals surface area (Å²) >= 11 is 0. The molecule has 11 heteroatoms. The molecule has 4 heterocycles. The molecule has 0 unspecified atom stereocenters. The number of nitrogen functional groups attached to an aromatic ring is 1. The van der Waals surface area contributed by atoms with Crippen molar-refractivity contribution in [3.8, 4) is 5.75 Å². The fourth-order valence-electron chi connectivity index (χ4n) is 4.13. The van der Waals surface area contributed by atoms with E-state index < -0.39 is 36.3 Å². The van der Waals surface area contributed by atoms with Gasteiger partial charge in [-0.2, -0.15) is 0 Å². The normalized spacial score (nSPS) is 26.3. The van der Waals surface area contributed by atoms with E-state index in [2.05, 4.69) is 15.0 Å². The van der Waals surface area contributed by atoms with E-state index in [1.807, 2.05) is 13.8 Å². The number of nitrogens with two attached hydrogens (primary N) is 1. The van der Waals surface area contributed by atoms with Gasteiger partial charge in [0, 0.05) is 0 Å². The minimum Gasteiger partial charge on any atom is -0.508 e. The van der Waals surface area contributed by atoms with Gasteiger partial charge < -0.3 is 29.8 Å². The first-order valence-electron chi connectivity index (χ1n) is 10.2. The molecule has 2 aliphatic rings. The number of aromatic hydroxyl groups is 1. The monoisotopic (exact) mass is 441 g/mol. The first kappa shape index (κ1) is 20.6. The van der Waals surface area contributed by atoms with Gasteiger partial charge in [0.15, 0.2) is 23.5 Å². The Balaban J connectivity index is 1.33. The fourth-order valence-corrected chi connectivity index (χ4v) is 4.13. The SMILES string of the molecule is CC1(C)O[C@@H]2[C@H](O1)[C@@H](COC(=O)Cc1cccc(O)c1)O[C@H]2n1cnc2c(N)ncnc21. The minimum atomic E-state index is -0.828. The third kappa shape index (κ3) is 3.74. The highest BCUT2D eigenvalue weighted by atomic mass is 16.8. The van der Waals surface area contributed by atoms with E-state index in [-0.39, 0.29) is 24.6 Å². The van der Waals surface area contributed by atoms with Gasteiger partial charge >= 0.3 is 5.97 Å². The summed E-state index contributed by atoms with van der Waals surface area (Å²) in [5.41, 5.74) is 7.53. The molecule has 0 amide bonds. The molecule has 0 aliphatic carbocycles. The van der Waals surface area contributed by atoms with E-state index in [1.165, 1.54) is 12.4 Å². The van der Waals surface area contributed by atoms with Crippen LogP contribution in [0.5, 0.6) is 5.75 Å². The molecule has 4 atom stereocenters. The van der Waals surface area contributed by atoms with Crippen molar-refractivity contribution < 1.29 is 28.8 Å². The zero-order valence-electron chi connectivity index (χ0n) is 17.5. The van der Waals surface area contributed by atoms with Gasteiger partial charge in [-0.1, -0.05) is 12.1 Å². The maximum Gasteiger partial charge on any atom is 0.310 e. The Hall–Kier alpha value is -3.28. The highest BCUT2D eigenvalue weighted by molar-refractivity contribution is 5.81. The van der Waals surface area contributed by atoms with Crippen molar-refractivity contribution in [2.24, 2.45) is 0 Å². The van der Waals surface area contributed by atoms with Crippen molar-refractivity contribution in [1.82, 2.24) is 19.5 Å². The number of benzene rings is 1. The molecule has 1 aromatic carbocycles. The third-order valence-electron chi connectivity index (χ3n) is 5.45. The Bertz CT molecular complexity index is 1160. The molecule has 0 spiro atoms. The highest BCUT2D eigenvalue weighted by Gasteiger charge is 2.56. The van der Waals surface area contributed by atoms with Crippen LogP contribution in [0.1, 0.15) is 25.6 Å².